The molecule has 3 atom stereocenters. The summed E-state index contributed by atoms with van der Waals surface area (Å²) in [7, 11) is -2.78. The summed E-state index contributed by atoms with van der Waals surface area (Å²) in [6, 6.07) is 15.4. The van der Waals surface area contributed by atoms with Gasteiger partial charge in [0.15, 0.2) is 0 Å². The molecule has 2 heterocycles. The molecule has 0 radical (unpaired) electrons. The molecule has 0 bridgehead atoms. The van der Waals surface area contributed by atoms with E-state index in [9.17, 15) is 26.0 Å². The van der Waals surface area contributed by atoms with Gasteiger partial charge in [0.2, 0.25) is 10.0 Å². The first-order valence-electron chi connectivity index (χ1n) is 13.7. The summed E-state index contributed by atoms with van der Waals surface area (Å²) in [6.07, 6.45) is -3.52. The third-order valence-corrected chi connectivity index (χ3v) is 10.5. The van der Waals surface area contributed by atoms with E-state index in [1.807, 2.05) is 31.2 Å². The molecule has 3 aromatic rings. The number of alkyl halides is 3. The van der Waals surface area contributed by atoms with Gasteiger partial charge in [-0.15, -0.1) is 0 Å². The number of fused-ring (bicyclic) bond motifs is 1. The highest BCUT2D eigenvalue weighted by Gasteiger charge is 2.51. The van der Waals surface area contributed by atoms with E-state index in [0.29, 0.717) is 18.6 Å². The van der Waals surface area contributed by atoms with Crippen molar-refractivity contribution in [3.05, 3.63) is 88.7 Å². The molecule has 5 nitrogen and oxygen atoms in total. The Kier molecular flexibility index (Phi) is 8.31. The Balaban J connectivity index is 1.47. The summed E-state index contributed by atoms with van der Waals surface area (Å²) < 4.78 is 89.4. The fourth-order valence-corrected chi connectivity index (χ4v) is 8.04. The van der Waals surface area contributed by atoms with E-state index in [-0.39, 0.29) is 36.9 Å². The Morgan fingerprint density at radius 2 is 1.61 bits per heavy atom. The quantitative estimate of drug-likeness (QED) is 0.312. The molecule has 2 aliphatic heterocycles. The molecular weight excluding hydrogens is 556 g/mol. The van der Waals surface area contributed by atoms with Crippen LogP contribution >= 0.6 is 0 Å². The average molecular weight is 591 g/mol. The number of rotatable bonds is 6. The van der Waals surface area contributed by atoms with Crippen LogP contribution in [-0.4, -0.2) is 63.1 Å². The fraction of sp³-hybridized carbons (Fsp3) is 0.419. The third kappa shape index (κ3) is 5.55. The monoisotopic (exact) mass is 590 g/mol. The van der Waals surface area contributed by atoms with Gasteiger partial charge in [-0.3, -0.25) is 4.90 Å². The maximum atomic E-state index is 14.0. The van der Waals surface area contributed by atoms with Crippen molar-refractivity contribution in [1.29, 1.82) is 0 Å². The number of halogens is 4. The van der Waals surface area contributed by atoms with Crippen molar-refractivity contribution < 1.29 is 30.7 Å². The van der Waals surface area contributed by atoms with Gasteiger partial charge in [-0.05, 0) is 79.3 Å². The molecular formula is C31H34F4N2O3S. The number of hydrogen-bond donors (Lipinski definition) is 0. The van der Waals surface area contributed by atoms with Crippen LogP contribution in [0.25, 0.3) is 11.1 Å². The molecule has 2 aliphatic rings. The zero-order valence-electron chi connectivity index (χ0n) is 23.3. The molecule has 0 amide bonds. The van der Waals surface area contributed by atoms with Crippen molar-refractivity contribution in [3.8, 4) is 11.1 Å². The van der Waals surface area contributed by atoms with E-state index in [2.05, 4.69) is 4.90 Å². The predicted octanol–water partition coefficient (Wildman–Crippen LogP) is 6.40. The molecule has 220 valence electrons. The van der Waals surface area contributed by atoms with Gasteiger partial charge >= 0.3 is 6.18 Å². The van der Waals surface area contributed by atoms with Gasteiger partial charge in [-0.25, -0.2) is 12.8 Å². The molecule has 0 aliphatic carbocycles. The summed E-state index contributed by atoms with van der Waals surface area (Å²) in [4.78, 5) is 1.52. The zero-order valence-corrected chi connectivity index (χ0v) is 24.1. The number of hydrogen-bond acceptors (Lipinski definition) is 4. The van der Waals surface area contributed by atoms with Crippen molar-refractivity contribution in [1.82, 2.24) is 9.21 Å². The van der Waals surface area contributed by atoms with Gasteiger partial charge in [0, 0.05) is 38.2 Å². The number of methoxy groups -OCH3 is 1. The van der Waals surface area contributed by atoms with Gasteiger partial charge < -0.3 is 4.74 Å². The molecule has 2 saturated heterocycles. The number of sulfonamides is 1. The SMILES string of the molecule is COC[C@@H]1[C@@H](c2ccc(-c3ccc(F)c(C)c3C)cc2)[C@@H]2CN(S(=O)(=O)c3ccccc3C(F)(F)F)CCCCN12. The Hall–Kier alpha value is -2.79. The molecule has 5 rings (SSSR count). The highest BCUT2D eigenvalue weighted by atomic mass is 32.2. The van der Waals surface area contributed by atoms with Crippen LogP contribution in [0.1, 0.15) is 41.0 Å². The molecule has 0 aromatic heterocycles. The lowest BCUT2D eigenvalue weighted by Crippen LogP contribution is -2.68. The van der Waals surface area contributed by atoms with Crippen molar-refractivity contribution in [2.24, 2.45) is 0 Å². The minimum absolute atomic E-state index is 0.00997. The number of nitrogens with zero attached hydrogens (tertiary/aromatic N) is 2. The highest BCUT2D eigenvalue weighted by molar-refractivity contribution is 7.89. The Bertz CT molecular complexity index is 1510. The van der Waals surface area contributed by atoms with E-state index in [1.165, 1.54) is 22.5 Å². The van der Waals surface area contributed by atoms with E-state index < -0.39 is 26.7 Å². The fourth-order valence-electron chi connectivity index (χ4n) is 6.33. The summed E-state index contributed by atoms with van der Waals surface area (Å²) in [5.74, 6) is -0.324. The normalized spacial score (nSPS) is 22.5. The Morgan fingerprint density at radius 3 is 2.29 bits per heavy atom. The standard InChI is InChI=1S/C31H34F4N2O3S/c1-20-21(2)26(32)15-14-24(20)22-10-12-23(13-11-22)30-27-18-36(16-6-7-17-37(27)28(30)19-40-3)41(38,39)29-9-5-4-8-25(29)31(33,34)35/h4-5,8-15,27-28,30H,6-7,16-19H2,1-3H3/t27-,28+,30-/m0/s1. The molecule has 41 heavy (non-hydrogen) atoms. The number of benzene rings is 3. The van der Waals surface area contributed by atoms with E-state index in [4.69, 9.17) is 4.74 Å². The third-order valence-electron chi connectivity index (χ3n) is 8.62. The van der Waals surface area contributed by atoms with Crippen molar-refractivity contribution in [2.45, 2.75) is 55.8 Å². The minimum atomic E-state index is -4.79. The summed E-state index contributed by atoms with van der Waals surface area (Å²) in [5, 5.41) is 0. The van der Waals surface area contributed by atoms with Crippen LogP contribution in [0, 0.1) is 19.7 Å². The van der Waals surface area contributed by atoms with Crippen molar-refractivity contribution in [3.63, 3.8) is 0 Å². The Morgan fingerprint density at radius 1 is 0.927 bits per heavy atom. The second kappa shape index (κ2) is 11.5. The van der Waals surface area contributed by atoms with Crippen LogP contribution in [0.2, 0.25) is 0 Å². The number of ether oxygens (including phenoxy) is 1. The zero-order chi connectivity index (χ0) is 29.5. The topological polar surface area (TPSA) is 49.9 Å². The summed E-state index contributed by atoms with van der Waals surface area (Å²) >= 11 is 0. The first-order valence-corrected chi connectivity index (χ1v) is 15.2. The largest absolute Gasteiger partial charge is 0.417 e. The lowest BCUT2D eigenvalue weighted by Gasteiger charge is -2.57. The average Bonchev–Trinajstić information content (AvgIpc) is 2.92. The molecule has 10 heteroatoms. The van der Waals surface area contributed by atoms with Gasteiger partial charge in [-0.2, -0.15) is 17.5 Å². The first-order chi connectivity index (χ1) is 19.4. The van der Waals surface area contributed by atoms with Crippen LogP contribution in [0.15, 0.2) is 65.6 Å². The molecule has 0 N–H and O–H groups in total. The first kappa shape index (κ1) is 29.7. The maximum Gasteiger partial charge on any atom is 0.417 e. The van der Waals surface area contributed by atoms with Crippen molar-refractivity contribution in [2.75, 3.05) is 33.4 Å². The van der Waals surface area contributed by atoms with E-state index in [1.54, 1.807) is 20.1 Å². The van der Waals surface area contributed by atoms with Crippen LogP contribution < -0.4 is 0 Å². The van der Waals surface area contributed by atoms with Gasteiger partial charge in [-0.1, -0.05) is 42.5 Å². The molecule has 2 fully saturated rings. The van der Waals surface area contributed by atoms with Crippen LogP contribution in [0.5, 0.6) is 0 Å². The van der Waals surface area contributed by atoms with E-state index in [0.717, 1.165) is 47.4 Å². The van der Waals surface area contributed by atoms with Gasteiger partial charge in [0.25, 0.3) is 0 Å². The maximum absolute atomic E-state index is 14.0. The molecule has 0 unspecified atom stereocenters. The minimum Gasteiger partial charge on any atom is -0.383 e. The van der Waals surface area contributed by atoms with Gasteiger partial charge in [0.05, 0.1) is 17.1 Å². The summed E-state index contributed by atoms with van der Waals surface area (Å²) in [5.41, 5.74) is 3.20. The van der Waals surface area contributed by atoms with Gasteiger partial charge in [0.1, 0.15) is 5.82 Å². The molecule has 3 aromatic carbocycles. The molecule has 0 saturated carbocycles. The lowest BCUT2D eigenvalue weighted by molar-refractivity contribution is -0.139. The van der Waals surface area contributed by atoms with Crippen LogP contribution in [-0.2, 0) is 20.9 Å². The lowest BCUT2D eigenvalue weighted by atomic mass is 9.74. The second-order valence-corrected chi connectivity index (χ2v) is 12.8. The highest BCUT2D eigenvalue weighted by Crippen LogP contribution is 2.44. The van der Waals surface area contributed by atoms with Crippen LogP contribution in [0.3, 0.4) is 0 Å². The summed E-state index contributed by atoms with van der Waals surface area (Å²) in [6.45, 7) is 5.08. The molecule has 0 spiro atoms. The second-order valence-electron chi connectivity index (χ2n) is 10.9. The Labute approximate surface area is 238 Å². The van der Waals surface area contributed by atoms with Crippen molar-refractivity contribution >= 4 is 10.0 Å². The van der Waals surface area contributed by atoms with Crippen LogP contribution in [0.4, 0.5) is 17.6 Å². The smallest absolute Gasteiger partial charge is 0.383 e. The predicted molar refractivity (Wildman–Crippen MR) is 150 cm³/mol. The van der Waals surface area contributed by atoms with E-state index >= 15 is 0 Å².